The number of methoxy groups -OCH3 is 1. The van der Waals surface area contributed by atoms with Crippen LogP contribution in [-0.2, 0) is 14.3 Å². The molecule has 2 rings (SSSR count). The molecule has 0 radical (unpaired) electrons. The molecule has 0 spiro atoms. The van der Waals surface area contributed by atoms with E-state index in [0.717, 1.165) is 0 Å². The van der Waals surface area contributed by atoms with Gasteiger partial charge < -0.3 is 19.1 Å². The number of nitrogens with zero attached hydrogens (tertiary/aromatic N) is 2. The fourth-order valence-electron chi connectivity index (χ4n) is 2.33. The monoisotopic (exact) mass is 358 g/mol. The van der Waals surface area contributed by atoms with Gasteiger partial charge in [-0.3, -0.25) is 9.59 Å². The summed E-state index contributed by atoms with van der Waals surface area (Å²) >= 11 is 0. The molecule has 7 heteroatoms. The number of hydrogen-bond acceptors (Lipinski definition) is 6. The smallest absolute Gasteiger partial charge is 0.313 e. The van der Waals surface area contributed by atoms with Gasteiger partial charge in [-0.2, -0.15) is 5.26 Å². The van der Waals surface area contributed by atoms with Crippen LogP contribution >= 0.6 is 0 Å². The summed E-state index contributed by atoms with van der Waals surface area (Å²) in [6, 6.07) is 6.81. The number of rotatable bonds is 5. The molecule has 0 N–H and O–H groups in total. The summed E-state index contributed by atoms with van der Waals surface area (Å²) in [5.41, 5.74) is 0.630. The molecule has 1 amide bonds. The maximum Gasteiger partial charge on any atom is 0.313 e. The Kier molecular flexibility index (Phi) is 6.75. The van der Waals surface area contributed by atoms with Crippen LogP contribution in [0.15, 0.2) is 23.8 Å². The third-order valence-electron chi connectivity index (χ3n) is 3.83. The van der Waals surface area contributed by atoms with Crippen molar-refractivity contribution < 1.29 is 23.8 Å². The van der Waals surface area contributed by atoms with Crippen LogP contribution in [0.4, 0.5) is 0 Å². The molecular formula is C19H22N2O5. The van der Waals surface area contributed by atoms with Gasteiger partial charge in [0.1, 0.15) is 11.6 Å². The summed E-state index contributed by atoms with van der Waals surface area (Å²) < 4.78 is 15.8. The van der Waals surface area contributed by atoms with Crippen molar-refractivity contribution in [1.82, 2.24) is 4.90 Å². The lowest BCUT2D eigenvalue weighted by molar-refractivity contribution is -0.137. The molecular weight excluding hydrogens is 336 g/mol. The van der Waals surface area contributed by atoms with Crippen LogP contribution in [0.3, 0.4) is 0 Å². The van der Waals surface area contributed by atoms with E-state index in [2.05, 4.69) is 0 Å². The van der Waals surface area contributed by atoms with Crippen molar-refractivity contribution in [3.8, 4) is 17.6 Å². The molecule has 0 aromatic heterocycles. The maximum atomic E-state index is 12.5. The van der Waals surface area contributed by atoms with Gasteiger partial charge >= 0.3 is 5.97 Å². The number of nitriles is 1. The van der Waals surface area contributed by atoms with Crippen molar-refractivity contribution in [3.63, 3.8) is 0 Å². The normalized spacial score (nSPS) is 14.7. The molecule has 1 fully saturated rings. The predicted molar refractivity (Wildman–Crippen MR) is 94.5 cm³/mol. The maximum absolute atomic E-state index is 12.5. The number of ether oxygens (including phenoxy) is 3. The van der Waals surface area contributed by atoms with Crippen molar-refractivity contribution in [2.75, 3.05) is 33.4 Å². The third kappa shape index (κ3) is 4.83. The Labute approximate surface area is 152 Å². The molecule has 0 saturated carbocycles. The van der Waals surface area contributed by atoms with Gasteiger partial charge in [0.15, 0.2) is 11.5 Å². The second kappa shape index (κ2) is 9.02. The Morgan fingerprint density at radius 1 is 1.27 bits per heavy atom. The largest absolute Gasteiger partial charge is 0.493 e. The average molecular weight is 358 g/mol. The zero-order chi connectivity index (χ0) is 19.1. The topological polar surface area (TPSA) is 88.9 Å². The lowest BCUT2D eigenvalue weighted by Crippen LogP contribution is -2.41. The Bertz CT molecular complexity index is 743. The molecule has 7 nitrogen and oxygen atoms in total. The van der Waals surface area contributed by atoms with E-state index in [1.165, 1.54) is 13.2 Å². The molecule has 0 aliphatic carbocycles. The fourth-order valence-corrected chi connectivity index (χ4v) is 2.33. The van der Waals surface area contributed by atoms with Crippen molar-refractivity contribution in [2.45, 2.75) is 13.8 Å². The zero-order valence-electron chi connectivity index (χ0n) is 15.2. The average Bonchev–Trinajstić information content (AvgIpc) is 2.67. The summed E-state index contributed by atoms with van der Waals surface area (Å²) in [4.78, 5) is 25.8. The van der Waals surface area contributed by atoms with Crippen LogP contribution in [0, 0.1) is 17.2 Å². The SMILES string of the molecule is COc1cc(/C=C(\C#N)C(=O)N2CCOCC2)ccc1OC(=O)C(C)C. The number of carbonyl (C=O) groups excluding carboxylic acids is 2. The number of hydrogen-bond donors (Lipinski definition) is 0. The van der Waals surface area contributed by atoms with Crippen LogP contribution in [0.1, 0.15) is 19.4 Å². The van der Waals surface area contributed by atoms with E-state index in [-0.39, 0.29) is 23.4 Å². The second-order valence-electron chi connectivity index (χ2n) is 6.06. The van der Waals surface area contributed by atoms with Crippen molar-refractivity contribution in [2.24, 2.45) is 5.92 Å². The van der Waals surface area contributed by atoms with E-state index in [4.69, 9.17) is 14.2 Å². The molecule has 1 aliphatic rings. The molecule has 0 bridgehead atoms. The quantitative estimate of drug-likeness (QED) is 0.346. The van der Waals surface area contributed by atoms with E-state index in [0.29, 0.717) is 43.4 Å². The zero-order valence-corrected chi connectivity index (χ0v) is 15.2. The Morgan fingerprint density at radius 3 is 2.54 bits per heavy atom. The molecule has 1 heterocycles. The first-order valence-corrected chi connectivity index (χ1v) is 8.34. The lowest BCUT2D eigenvalue weighted by Gasteiger charge is -2.26. The Hall–Kier alpha value is -2.85. The summed E-state index contributed by atoms with van der Waals surface area (Å²) in [6.45, 7) is 5.34. The number of amides is 1. The van der Waals surface area contributed by atoms with Crippen LogP contribution in [0.25, 0.3) is 6.08 Å². The van der Waals surface area contributed by atoms with Gasteiger partial charge in [-0.15, -0.1) is 0 Å². The molecule has 1 aromatic rings. The minimum Gasteiger partial charge on any atom is -0.493 e. The minimum atomic E-state index is -0.369. The number of morpholine rings is 1. The molecule has 1 aliphatic heterocycles. The summed E-state index contributed by atoms with van der Waals surface area (Å²) in [5, 5.41) is 9.35. The number of esters is 1. The van der Waals surface area contributed by atoms with Gasteiger partial charge in [0.05, 0.1) is 26.2 Å². The third-order valence-corrected chi connectivity index (χ3v) is 3.83. The first kappa shape index (κ1) is 19.5. The standard InChI is InChI=1S/C19H22N2O5/c1-13(2)19(23)26-16-5-4-14(11-17(16)24-3)10-15(12-20)18(22)21-6-8-25-9-7-21/h4-5,10-11,13H,6-9H2,1-3H3/b15-10+. The van der Waals surface area contributed by atoms with Crippen molar-refractivity contribution >= 4 is 18.0 Å². The van der Waals surface area contributed by atoms with Crippen LogP contribution < -0.4 is 9.47 Å². The van der Waals surface area contributed by atoms with Gasteiger partial charge in [0, 0.05) is 13.1 Å². The molecule has 26 heavy (non-hydrogen) atoms. The van der Waals surface area contributed by atoms with E-state index in [1.807, 2.05) is 6.07 Å². The predicted octanol–water partition coefficient (Wildman–Crippen LogP) is 2.02. The van der Waals surface area contributed by atoms with Crippen LogP contribution in [0.5, 0.6) is 11.5 Å². The highest BCUT2D eigenvalue weighted by Crippen LogP contribution is 2.29. The summed E-state index contributed by atoms with van der Waals surface area (Å²) in [7, 11) is 1.46. The van der Waals surface area contributed by atoms with Crippen molar-refractivity contribution in [1.29, 1.82) is 5.26 Å². The first-order valence-electron chi connectivity index (χ1n) is 8.34. The van der Waals surface area contributed by atoms with E-state index in [1.54, 1.807) is 36.9 Å². The van der Waals surface area contributed by atoms with Crippen LogP contribution in [-0.4, -0.2) is 50.2 Å². The van der Waals surface area contributed by atoms with Gasteiger partial charge in [-0.1, -0.05) is 19.9 Å². The van der Waals surface area contributed by atoms with Gasteiger partial charge in [-0.25, -0.2) is 0 Å². The Balaban J connectivity index is 2.23. The van der Waals surface area contributed by atoms with E-state index >= 15 is 0 Å². The van der Waals surface area contributed by atoms with Gasteiger partial charge in [0.2, 0.25) is 0 Å². The van der Waals surface area contributed by atoms with E-state index in [9.17, 15) is 14.9 Å². The van der Waals surface area contributed by atoms with Gasteiger partial charge in [0.25, 0.3) is 5.91 Å². The Morgan fingerprint density at radius 2 is 1.96 bits per heavy atom. The van der Waals surface area contributed by atoms with Crippen LogP contribution in [0.2, 0.25) is 0 Å². The van der Waals surface area contributed by atoms with E-state index < -0.39 is 0 Å². The molecule has 0 unspecified atom stereocenters. The summed E-state index contributed by atoms with van der Waals surface area (Å²) in [6.07, 6.45) is 1.49. The molecule has 0 atom stereocenters. The number of carbonyl (C=O) groups is 2. The molecule has 1 aromatic carbocycles. The second-order valence-corrected chi connectivity index (χ2v) is 6.06. The minimum absolute atomic E-state index is 0.0286. The fraction of sp³-hybridized carbons (Fsp3) is 0.421. The first-order chi connectivity index (χ1) is 12.5. The summed E-state index contributed by atoms with van der Waals surface area (Å²) in [5.74, 6) is -0.322. The highest BCUT2D eigenvalue weighted by molar-refractivity contribution is 6.01. The molecule has 138 valence electrons. The number of benzene rings is 1. The highest BCUT2D eigenvalue weighted by Gasteiger charge is 2.21. The molecule has 1 saturated heterocycles. The van der Waals surface area contributed by atoms with Crippen molar-refractivity contribution in [3.05, 3.63) is 29.3 Å². The highest BCUT2D eigenvalue weighted by atomic mass is 16.6. The lowest BCUT2D eigenvalue weighted by atomic mass is 10.1. The van der Waals surface area contributed by atoms with Gasteiger partial charge in [-0.05, 0) is 23.8 Å².